The molecule has 4 heterocycles. The molecule has 0 atom stereocenters. The zero-order chi connectivity index (χ0) is 72.8. The van der Waals surface area contributed by atoms with Crippen LogP contribution in [0.25, 0.3) is 107 Å². The second kappa shape index (κ2) is 34.5. The third-order valence-corrected chi connectivity index (χ3v) is 20.8. The van der Waals surface area contributed by atoms with Crippen LogP contribution in [0.4, 0.5) is 26.3 Å². The number of carbonyl (C=O) groups is 2. The fourth-order valence-corrected chi connectivity index (χ4v) is 14.6. The summed E-state index contributed by atoms with van der Waals surface area (Å²) >= 11 is 3.34. The number of fused-ring (bicyclic) bond motifs is 8. The second-order valence-corrected chi connectivity index (χ2v) is 29.6. The van der Waals surface area contributed by atoms with Crippen LogP contribution in [0, 0.1) is 35.8 Å². The van der Waals surface area contributed by atoms with Crippen LogP contribution in [0.15, 0.2) is 156 Å². The molecule has 0 saturated heterocycles. The number of ketones is 2. The number of aliphatic hydroxyl groups excluding tert-OH is 2. The molecule has 542 valence electrons. The number of hydrogen-bond acceptors (Lipinski definition) is 10. The maximum Gasteiger partial charge on any atom is 0.435 e. The van der Waals surface area contributed by atoms with Crippen LogP contribution in [-0.2, 0) is 73.0 Å². The van der Waals surface area contributed by atoms with E-state index in [2.05, 4.69) is 121 Å². The number of carbonyl (C=O) groups excluding carboxylic acids is 2. The van der Waals surface area contributed by atoms with Gasteiger partial charge in [-0.15, -0.1) is 69.6 Å². The summed E-state index contributed by atoms with van der Waals surface area (Å²) in [6.45, 7) is 28.9. The molecule has 0 saturated carbocycles. The van der Waals surface area contributed by atoms with E-state index in [4.69, 9.17) is 0 Å². The molecule has 8 aromatic carbocycles. The molecule has 0 aliphatic heterocycles. The zero-order valence-corrected chi connectivity index (χ0v) is 66.5. The second-order valence-electron chi connectivity index (χ2n) is 27.7. The summed E-state index contributed by atoms with van der Waals surface area (Å²) in [5.41, 5.74) is 1.91. The largest absolute Gasteiger partial charge is 0.512 e. The number of alkyl halides is 6. The van der Waals surface area contributed by atoms with Crippen molar-refractivity contribution in [3.63, 3.8) is 0 Å². The Kier molecular flexibility index (Phi) is 27.8. The number of allylic oxidation sites excluding steroid dienone is 4. The van der Waals surface area contributed by atoms with Gasteiger partial charge in [-0.1, -0.05) is 198 Å². The molecule has 0 bridgehead atoms. The molecule has 0 aliphatic carbocycles. The topological polar surface area (TPSA) is 126 Å². The Morgan fingerprint density at radius 3 is 1.07 bits per heavy atom. The number of benzene rings is 8. The zero-order valence-electron chi connectivity index (χ0n) is 60.1. The predicted octanol–water partition coefficient (Wildman–Crippen LogP) is 25.6. The van der Waals surface area contributed by atoms with Crippen LogP contribution < -0.4 is 0 Å². The van der Waals surface area contributed by atoms with Gasteiger partial charge in [0, 0.05) is 108 Å². The fraction of sp³-hybridized carbons (Fsp3) is 0.357. The van der Waals surface area contributed by atoms with Crippen LogP contribution in [0.3, 0.4) is 0 Å². The van der Waals surface area contributed by atoms with Gasteiger partial charge < -0.3 is 10.2 Å². The van der Waals surface area contributed by atoms with Crippen molar-refractivity contribution in [2.75, 3.05) is 0 Å². The Morgan fingerprint density at radius 2 is 0.725 bits per heavy atom. The number of rotatable bonds is 16. The van der Waals surface area contributed by atoms with Crippen molar-refractivity contribution in [2.45, 2.75) is 171 Å². The molecule has 2 radical (unpaired) electrons. The van der Waals surface area contributed by atoms with Gasteiger partial charge in [-0.2, -0.15) is 58.1 Å². The monoisotopic (exact) mass is 1780 g/mol. The number of aliphatic hydroxyl groups is 2. The normalized spacial score (nSPS) is 12.5. The first-order valence-electron chi connectivity index (χ1n) is 34.6. The molecular weight excluding hydrogens is 1690 g/mol. The van der Waals surface area contributed by atoms with Gasteiger partial charge in [0.1, 0.15) is 0 Å². The molecule has 18 heteroatoms. The van der Waals surface area contributed by atoms with E-state index in [-0.39, 0.29) is 109 Å². The number of halogens is 6. The molecule has 102 heavy (non-hydrogen) atoms. The van der Waals surface area contributed by atoms with Crippen LogP contribution in [0.5, 0.6) is 0 Å². The van der Waals surface area contributed by atoms with Gasteiger partial charge in [-0.05, 0) is 134 Å². The maximum absolute atomic E-state index is 13.9. The van der Waals surface area contributed by atoms with Crippen LogP contribution >= 0.6 is 22.7 Å². The Hall–Kier alpha value is -7.30. The molecule has 0 amide bonds. The first-order valence-corrected chi connectivity index (χ1v) is 36.3. The Balaban J connectivity index is 0.000000205. The van der Waals surface area contributed by atoms with Crippen LogP contribution in [0.1, 0.15) is 171 Å². The van der Waals surface area contributed by atoms with Crippen molar-refractivity contribution in [3.8, 4) is 22.5 Å². The number of thiophene rings is 2. The molecule has 12 aromatic rings. The van der Waals surface area contributed by atoms with Gasteiger partial charge in [0.2, 0.25) is 0 Å². The molecule has 0 fully saturated rings. The minimum Gasteiger partial charge on any atom is -0.512 e. The third kappa shape index (κ3) is 18.6. The van der Waals surface area contributed by atoms with Gasteiger partial charge in [0.15, 0.2) is 23.0 Å². The summed E-state index contributed by atoms with van der Waals surface area (Å²) < 4.78 is 85.7. The summed E-state index contributed by atoms with van der Waals surface area (Å²) in [5, 5.41) is 49.6. The summed E-state index contributed by atoms with van der Waals surface area (Å²) in [4.78, 5) is 23.4. The van der Waals surface area contributed by atoms with E-state index < -0.39 is 23.7 Å². The summed E-state index contributed by atoms with van der Waals surface area (Å²) in [6.07, 6.45) is 0.591. The Bertz CT molecular complexity index is 4700. The van der Waals surface area contributed by atoms with Gasteiger partial charge >= 0.3 is 12.4 Å². The van der Waals surface area contributed by atoms with E-state index in [9.17, 15) is 46.1 Å². The van der Waals surface area contributed by atoms with Gasteiger partial charge in [-0.3, -0.25) is 9.59 Å². The average molecular weight is 1780 g/mol. The molecular formula is C84H88F6Ir2N4O4S2-2. The molecule has 0 unspecified atom stereocenters. The number of nitrogens with zero attached hydrogens (tertiary/aromatic N) is 4. The van der Waals surface area contributed by atoms with Crippen molar-refractivity contribution < 1.29 is 86.4 Å². The van der Waals surface area contributed by atoms with E-state index in [0.29, 0.717) is 33.3 Å². The summed E-state index contributed by atoms with van der Waals surface area (Å²) in [7, 11) is 0. The molecule has 2 N–H and O–H groups in total. The summed E-state index contributed by atoms with van der Waals surface area (Å²) in [6, 6.07) is 45.1. The van der Waals surface area contributed by atoms with E-state index in [1.54, 1.807) is 59.1 Å². The molecule has 4 aromatic heterocycles. The van der Waals surface area contributed by atoms with E-state index in [1.165, 1.54) is 22.2 Å². The smallest absolute Gasteiger partial charge is 0.435 e. The minimum atomic E-state index is -4.61. The van der Waals surface area contributed by atoms with Gasteiger partial charge in [0.25, 0.3) is 0 Å². The number of aromatic nitrogens is 4. The van der Waals surface area contributed by atoms with Crippen molar-refractivity contribution in [2.24, 2.45) is 23.7 Å². The molecule has 0 spiro atoms. The van der Waals surface area contributed by atoms with Crippen molar-refractivity contribution in [1.29, 1.82) is 0 Å². The van der Waals surface area contributed by atoms with Crippen molar-refractivity contribution >= 4 is 119 Å². The van der Waals surface area contributed by atoms with Crippen molar-refractivity contribution in [1.82, 2.24) is 20.4 Å². The maximum atomic E-state index is 13.9. The van der Waals surface area contributed by atoms with Gasteiger partial charge in [0.05, 0.1) is 11.5 Å². The Labute approximate surface area is 629 Å². The van der Waals surface area contributed by atoms with Crippen LogP contribution in [-0.4, -0.2) is 42.2 Å². The Morgan fingerprint density at radius 1 is 0.412 bits per heavy atom. The van der Waals surface area contributed by atoms with Crippen LogP contribution in [0.2, 0.25) is 0 Å². The van der Waals surface area contributed by atoms with Crippen molar-refractivity contribution in [3.05, 3.63) is 190 Å². The number of hydrogen-bond donors (Lipinski definition) is 2. The first-order chi connectivity index (χ1) is 47.4. The van der Waals surface area contributed by atoms with Gasteiger partial charge in [-0.25, -0.2) is 0 Å². The fourth-order valence-electron chi connectivity index (χ4n) is 13.0. The third-order valence-electron chi connectivity index (χ3n) is 19.0. The minimum absolute atomic E-state index is 0. The average Bonchev–Trinajstić information content (AvgIpc) is 1.04. The standard InChI is InChI=1S/2C29H20F3N2S.2C13H24O2.2Ir/c1-28(2,3)24-14-20(11-19-10-18-8-9-35-25(18)15-21(19)24)26-22-12-16-6-4-5-7-17(16)13-23(22)27(34-33-26)29(30,31)32;1-28(2,3)24-14-20(10-19-15-25-18(8-9-35-25)13-21(19)24)26-22-11-16-6-4-5-7-17(16)12-23(22)27(34-33-26)29(30,31)32;2*1-5-10(6-2)12(14)9-13(15)11(7-3)8-4;;/h4-10,12-15H,1-3H3;4-9,11-15H,1-3H3;2*9-11,14H,5-8H2,1-4H3;;/q2*-1;;;;. The van der Waals surface area contributed by atoms with E-state index >= 15 is 0 Å². The quantitative estimate of drug-likeness (QED) is 0.0322. The summed E-state index contributed by atoms with van der Waals surface area (Å²) in [5.74, 6) is 1.09. The van der Waals surface area contributed by atoms with E-state index in [0.717, 1.165) is 116 Å². The molecule has 12 rings (SSSR count). The molecule has 0 aliphatic rings. The first kappa shape index (κ1) is 82.0. The SMILES string of the molecule is CC(C)(C)c1cc(-c2nnc(C(F)(F)F)c3cc4ccccc4cc23)[c-]c2cc3ccsc3cc12.CC(C)(C)c1cc(-c2nnc(C(F)(F)F)c3cc4ccccc4cc23)[c-]c2cc3sccc3cc12.CCC(CC)C(=O)C=C(O)C(CC)CC.CCC(CC)C(=O)C=C(O)C(CC)CC.[Ir].[Ir]. The molecule has 8 nitrogen and oxygen atoms in total. The predicted molar refractivity (Wildman–Crippen MR) is 404 cm³/mol. The van der Waals surface area contributed by atoms with E-state index in [1.807, 2.05) is 104 Å².